The number of halogens is 1. The highest BCUT2D eigenvalue weighted by Crippen LogP contribution is 2.30. The van der Waals surface area contributed by atoms with Gasteiger partial charge in [-0.2, -0.15) is 5.10 Å². The highest BCUT2D eigenvalue weighted by molar-refractivity contribution is 7.13. The zero-order valence-corrected chi connectivity index (χ0v) is 14.6. The lowest BCUT2D eigenvalue weighted by molar-refractivity contribution is -0.254. The molecule has 0 amide bonds. The molecule has 5 nitrogen and oxygen atoms in total. The van der Waals surface area contributed by atoms with Crippen LogP contribution in [0.25, 0.3) is 27.3 Å². The van der Waals surface area contributed by atoms with Crippen molar-refractivity contribution < 1.29 is 9.90 Å². The molecular formula is C18H11ClN3O2S-. The third kappa shape index (κ3) is 2.69. The number of pyridine rings is 1. The number of carbonyl (C=O) groups is 1. The number of carbonyl (C=O) groups excluding carboxylic acids is 1. The maximum Gasteiger partial charge on any atom is 0.164 e. The van der Waals surface area contributed by atoms with Crippen molar-refractivity contribution in [2.75, 3.05) is 0 Å². The van der Waals surface area contributed by atoms with Crippen LogP contribution in [0.3, 0.4) is 0 Å². The summed E-state index contributed by atoms with van der Waals surface area (Å²) in [5.41, 5.74) is 2.48. The van der Waals surface area contributed by atoms with Crippen LogP contribution in [0, 0.1) is 6.92 Å². The molecule has 0 spiro atoms. The molecule has 0 aliphatic carbocycles. The number of aromatic nitrogens is 3. The first kappa shape index (κ1) is 15.8. The molecule has 3 aromatic heterocycles. The van der Waals surface area contributed by atoms with Gasteiger partial charge in [0.2, 0.25) is 0 Å². The molecule has 124 valence electrons. The summed E-state index contributed by atoms with van der Waals surface area (Å²) in [4.78, 5) is 17.2. The SMILES string of the molecule is Cc1nn(-c2ccc(Cl)cc2)c2nc(-c3cccs3)cc(C(=O)[O-])c12. The Morgan fingerprint density at radius 1 is 1.24 bits per heavy atom. The zero-order valence-electron chi connectivity index (χ0n) is 13.1. The fourth-order valence-electron chi connectivity index (χ4n) is 2.76. The summed E-state index contributed by atoms with van der Waals surface area (Å²) in [6.07, 6.45) is 0. The zero-order chi connectivity index (χ0) is 17.6. The lowest BCUT2D eigenvalue weighted by atomic mass is 10.1. The third-order valence-corrected chi connectivity index (χ3v) is 5.02. The maximum absolute atomic E-state index is 11.7. The Balaban J connectivity index is 2.05. The number of nitrogens with zero attached hydrogens (tertiary/aromatic N) is 3. The largest absolute Gasteiger partial charge is 0.545 e. The third-order valence-electron chi connectivity index (χ3n) is 3.88. The van der Waals surface area contributed by atoms with E-state index in [-0.39, 0.29) is 5.56 Å². The number of hydrogen-bond acceptors (Lipinski definition) is 5. The van der Waals surface area contributed by atoms with Gasteiger partial charge < -0.3 is 9.90 Å². The first-order valence-corrected chi connectivity index (χ1v) is 8.72. The molecule has 0 radical (unpaired) electrons. The van der Waals surface area contributed by atoms with Gasteiger partial charge in [0.15, 0.2) is 5.65 Å². The number of benzene rings is 1. The quantitative estimate of drug-likeness (QED) is 0.555. The van der Waals surface area contributed by atoms with Crippen LogP contribution in [0.2, 0.25) is 5.02 Å². The Morgan fingerprint density at radius 3 is 2.64 bits per heavy atom. The summed E-state index contributed by atoms with van der Waals surface area (Å²) in [5, 5.41) is 19.2. The van der Waals surface area contributed by atoms with Gasteiger partial charge in [-0.3, -0.25) is 0 Å². The molecular weight excluding hydrogens is 358 g/mol. The number of carboxylic acid groups (broad SMARTS) is 1. The lowest BCUT2D eigenvalue weighted by Crippen LogP contribution is -2.23. The van der Waals surface area contributed by atoms with Crippen molar-refractivity contribution in [3.63, 3.8) is 0 Å². The maximum atomic E-state index is 11.7. The monoisotopic (exact) mass is 368 g/mol. The predicted molar refractivity (Wildman–Crippen MR) is 96.3 cm³/mol. The fourth-order valence-corrected chi connectivity index (χ4v) is 3.57. The summed E-state index contributed by atoms with van der Waals surface area (Å²) >= 11 is 7.44. The van der Waals surface area contributed by atoms with E-state index >= 15 is 0 Å². The number of hydrogen-bond donors (Lipinski definition) is 0. The molecule has 0 aliphatic rings. The van der Waals surface area contributed by atoms with Crippen LogP contribution in [0.4, 0.5) is 0 Å². The van der Waals surface area contributed by atoms with E-state index in [4.69, 9.17) is 11.6 Å². The van der Waals surface area contributed by atoms with E-state index in [1.807, 2.05) is 29.6 Å². The molecule has 0 unspecified atom stereocenters. The summed E-state index contributed by atoms with van der Waals surface area (Å²) < 4.78 is 1.63. The summed E-state index contributed by atoms with van der Waals surface area (Å²) in [6.45, 7) is 1.76. The highest BCUT2D eigenvalue weighted by Gasteiger charge is 2.17. The molecule has 7 heteroatoms. The van der Waals surface area contributed by atoms with Crippen LogP contribution in [0.15, 0.2) is 47.8 Å². The molecule has 0 N–H and O–H groups in total. The number of fused-ring (bicyclic) bond motifs is 1. The number of aryl methyl sites for hydroxylation is 1. The average molecular weight is 369 g/mol. The Labute approximate surface area is 152 Å². The molecule has 0 aliphatic heterocycles. The average Bonchev–Trinajstić information content (AvgIpc) is 3.23. The van der Waals surface area contributed by atoms with Crippen molar-refractivity contribution >= 4 is 39.9 Å². The second-order valence-corrected chi connectivity index (χ2v) is 6.88. The minimum absolute atomic E-state index is 0.0890. The van der Waals surface area contributed by atoms with E-state index < -0.39 is 5.97 Å². The Kier molecular flexibility index (Phi) is 3.78. The van der Waals surface area contributed by atoms with Crippen LogP contribution in [0.1, 0.15) is 16.1 Å². The Hall–Kier alpha value is -2.70. The van der Waals surface area contributed by atoms with Gasteiger partial charge in [0.25, 0.3) is 0 Å². The van der Waals surface area contributed by atoms with Gasteiger partial charge in [-0.1, -0.05) is 17.7 Å². The van der Waals surface area contributed by atoms with Crippen molar-refractivity contribution in [1.29, 1.82) is 0 Å². The topological polar surface area (TPSA) is 70.8 Å². The van der Waals surface area contributed by atoms with Gasteiger partial charge in [-0.25, -0.2) is 9.67 Å². The lowest BCUT2D eigenvalue weighted by Gasteiger charge is -2.09. The molecule has 0 saturated heterocycles. The second-order valence-electron chi connectivity index (χ2n) is 5.49. The molecule has 4 rings (SSSR count). The fraction of sp³-hybridized carbons (Fsp3) is 0.0556. The van der Waals surface area contributed by atoms with E-state index in [9.17, 15) is 9.90 Å². The van der Waals surface area contributed by atoms with Crippen molar-refractivity contribution in [1.82, 2.24) is 14.8 Å². The summed E-state index contributed by atoms with van der Waals surface area (Å²) in [5.74, 6) is -1.25. The minimum Gasteiger partial charge on any atom is -0.545 e. The predicted octanol–water partition coefficient (Wildman–Crippen LogP) is 3.47. The normalized spacial score (nSPS) is 11.1. The van der Waals surface area contributed by atoms with Gasteiger partial charge in [0.05, 0.1) is 33.3 Å². The molecule has 3 heterocycles. The van der Waals surface area contributed by atoms with E-state index in [1.165, 1.54) is 11.3 Å². The van der Waals surface area contributed by atoms with E-state index in [0.717, 1.165) is 10.6 Å². The van der Waals surface area contributed by atoms with Crippen molar-refractivity contribution in [3.8, 4) is 16.3 Å². The minimum atomic E-state index is -1.25. The first-order valence-electron chi connectivity index (χ1n) is 7.46. The van der Waals surface area contributed by atoms with Crippen molar-refractivity contribution in [2.24, 2.45) is 0 Å². The molecule has 0 bridgehead atoms. The standard InChI is InChI=1S/C18H12ClN3O2S/c1-10-16-13(18(23)24)9-14(15-3-2-8-25-15)20-17(16)22(21-10)12-6-4-11(19)5-7-12/h2-9H,1H3,(H,23,24)/p-1. The van der Waals surface area contributed by atoms with Crippen LogP contribution < -0.4 is 5.11 Å². The van der Waals surface area contributed by atoms with Gasteiger partial charge in [-0.05, 0) is 48.7 Å². The van der Waals surface area contributed by atoms with Crippen LogP contribution in [-0.2, 0) is 0 Å². The molecule has 25 heavy (non-hydrogen) atoms. The van der Waals surface area contributed by atoms with Crippen LogP contribution in [-0.4, -0.2) is 20.7 Å². The van der Waals surface area contributed by atoms with Crippen LogP contribution >= 0.6 is 22.9 Å². The number of thiophene rings is 1. The van der Waals surface area contributed by atoms with E-state index in [1.54, 1.807) is 29.8 Å². The van der Waals surface area contributed by atoms with E-state index in [2.05, 4.69) is 10.1 Å². The van der Waals surface area contributed by atoms with Gasteiger partial charge in [-0.15, -0.1) is 11.3 Å². The number of aromatic carboxylic acids is 1. The van der Waals surface area contributed by atoms with Gasteiger partial charge in [0, 0.05) is 10.6 Å². The summed E-state index contributed by atoms with van der Waals surface area (Å²) in [6, 6.07) is 12.5. The van der Waals surface area contributed by atoms with Crippen molar-refractivity contribution in [3.05, 3.63) is 64.1 Å². The smallest absolute Gasteiger partial charge is 0.164 e. The highest BCUT2D eigenvalue weighted by atomic mass is 35.5. The van der Waals surface area contributed by atoms with Gasteiger partial charge in [0.1, 0.15) is 0 Å². The Bertz CT molecular complexity index is 1090. The molecule has 0 atom stereocenters. The van der Waals surface area contributed by atoms with E-state index in [0.29, 0.717) is 27.4 Å². The number of carboxylic acids is 1. The second kappa shape index (κ2) is 5.98. The molecule has 1 aromatic carbocycles. The molecule has 4 aromatic rings. The first-order chi connectivity index (χ1) is 12.0. The molecule has 0 fully saturated rings. The van der Waals surface area contributed by atoms with Crippen molar-refractivity contribution in [2.45, 2.75) is 6.92 Å². The molecule has 0 saturated carbocycles. The summed E-state index contributed by atoms with van der Waals surface area (Å²) in [7, 11) is 0. The van der Waals surface area contributed by atoms with Crippen LogP contribution in [0.5, 0.6) is 0 Å². The number of rotatable bonds is 3. The van der Waals surface area contributed by atoms with Gasteiger partial charge >= 0.3 is 0 Å². The Morgan fingerprint density at radius 2 is 2.00 bits per heavy atom.